The summed E-state index contributed by atoms with van der Waals surface area (Å²) in [5.41, 5.74) is 2.51. The van der Waals surface area contributed by atoms with Crippen LogP contribution in [0.4, 0.5) is 0 Å². The second-order valence-electron chi connectivity index (χ2n) is 6.98. The van der Waals surface area contributed by atoms with Gasteiger partial charge in [-0.1, -0.05) is 60.7 Å². The van der Waals surface area contributed by atoms with Crippen LogP contribution in [-0.2, 0) is 4.74 Å². The topological polar surface area (TPSA) is 12.5 Å². The summed E-state index contributed by atoms with van der Waals surface area (Å²) < 4.78 is 6.67. The van der Waals surface area contributed by atoms with Crippen molar-refractivity contribution in [3.63, 3.8) is 0 Å². The van der Waals surface area contributed by atoms with E-state index >= 15 is 0 Å². The van der Waals surface area contributed by atoms with E-state index in [1.807, 2.05) is 0 Å². The molecule has 0 spiro atoms. The number of hydrogen-bond donors (Lipinski definition) is 0. The van der Waals surface area contributed by atoms with Gasteiger partial charge in [-0.15, -0.1) is 0 Å². The molecule has 0 aliphatic carbocycles. The van der Waals surface area contributed by atoms with E-state index in [0.29, 0.717) is 18.2 Å². The molecular weight excluding hydrogens is 282 g/mol. The van der Waals surface area contributed by atoms with Crippen molar-refractivity contribution in [2.75, 3.05) is 7.05 Å². The molecule has 0 saturated carbocycles. The molecule has 0 aromatic heterocycles. The maximum atomic E-state index is 6.67. The Kier molecular flexibility index (Phi) is 4.19. The Hall–Kier alpha value is -1.64. The molecule has 2 aliphatic heterocycles. The average molecular weight is 307 g/mol. The van der Waals surface area contributed by atoms with E-state index in [1.165, 1.54) is 36.8 Å². The van der Waals surface area contributed by atoms with Gasteiger partial charge in [-0.2, -0.15) is 0 Å². The normalized spacial score (nSPS) is 27.5. The monoisotopic (exact) mass is 307 g/mol. The Morgan fingerprint density at radius 2 is 1.30 bits per heavy atom. The van der Waals surface area contributed by atoms with E-state index in [1.54, 1.807) is 0 Å². The highest BCUT2D eigenvalue weighted by Gasteiger charge is 2.39. The van der Waals surface area contributed by atoms with Crippen LogP contribution < -0.4 is 0 Å². The van der Waals surface area contributed by atoms with Gasteiger partial charge in [0.25, 0.3) is 0 Å². The maximum Gasteiger partial charge on any atom is 0.108 e. The van der Waals surface area contributed by atoms with E-state index in [0.717, 1.165) is 0 Å². The lowest BCUT2D eigenvalue weighted by Gasteiger charge is -2.38. The number of piperidine rings is 1. The summed E-state index contributed by atoms with van der Waals surface area (Å²) in [5.74, 6) is 0. The Morgan fingerprint density at radius 1 is 0.826 bits per heavy atom. The summed E-state index contributed by atoms with van der Waals surface area (Å²) >= 11 is 0. The van der Waals surface area contributed by atoms with Gasteiger partial charge in [0, 0.05) is 12.1 Å². The van der Waals surface area contributed by atoms with Crippen LogP contribution in [0.1, 0.15) is 42.9 Å². The molecule has 2 nitrogen and oxygen atoms in total. The van der Waals surface area contributed by atoms with E-state index in [9.17, 15) is 0 Å². The predicted molar refractivity (Wildman–Crippen MR) is 93.4 cm³/mol. The standard InChI is InChI=1S/C21H25NO/c1-22-18-12-13-19(22)15-20(14-18)23-21(16-8-4-2-5-9-16)17-10-6-3-7-11-17/h2-11,18-21H,12-15H2,1H3/t18-,19?,20?/m1/s1. The summed E-state index contributed by atoms with van der Waals surface area (Å²) in [6, 6.07) is 22.7. The van der Waals surface area contributed by atoms with Crippen molar-refractivity contribution >= 4 is 0 Å². The first-order valence-corrected chi connectivity index (χ1v) is 8.78. The first-order valence-electron chi connectivity index (χ1n) is 8.78. The molecule has 2 aromatic rings. The van der Waals surface area contributed by atoms with Gasteiger partial charge >= 0.3 is 0 Å². The average Bonchev–Trinajstić information content (AvgIpc) is 2.83. The van der Waals surface area contributed by atoms with Crippen LogP contribution in [0, 0.1) is 0 Å². The molecule has 2 unspecified atom stereocenters. The van der Waals surface area contributed by atoms with E-state index in [4.69, 9.17) is 4.74 Å². The van der Waals surface area contributed by atoms with Crippen LogP contribution in [0.3, 0.4) is 0 Å². The molecule has 2 saturated heterocycles. The molecule has 2 aromatic carbocycles. The van der Waals surface area contributed by atoms with Crippen LogP contribution in [0.5, 0.6) is 0 Å². The van der Waals surface area contributed by atoms with Gasteiger partial charge in [0.1, 0.15) is 6.10 Å². The van der Waals surface area contributed by atoms with Gasteiger partial charge in [0.15, 0.2) is 0 Å². The predicted octanol–water partition coefficient (Wildman–Crippen LogP) is 4.42. The van der Waals surface area contributed by atoms with Crippen molar-refractivity contribution in [1.82, 2.24) is 4.90 Å². The van der Waals surface area contributed by atoms with Gasteiger partial charge in [0.05, 0.1) is 6.10 Å². The Balaban J connectivity index is 1.57. The largest absolute Gasteiger partial charge is 0.365 e. The molecule has 23 heavy (non-hydrogen) atoms. The van der Waals surface area contributed by atoms with Crippen LogP contribution in [0.15, 0.2) is 60.7 Å². The lowest BCUT2D eigenvalue weighted by Crippen LogP contribution is -2.43. The third-order valence-electron chi connectivity index (χ3n) is 5.59. The molecule has 2 heterocycles. The highest BCUT2D eigenvalue weighted by atomic mass is 16.5. The summed E-state index contributed by atoms with van der Waals surface area (Å²) in [7, 11) is 2.28. The van der Waals surface area contributed by atoms with Crippen LogP contribution in [-0.4, -0.2) is 30.1 Å². The van der Waals surface area contributed by atoms with Gasteiger partial charge in [-0.3, -0.25) is 0 Å². The van der Waals surface area contributed by atoms with Gasteiger partial charge < -0.3 is 9.64 Å². The highest BCUT2D eigenvalue weighted by molar-refractivity contribution is 5.30. The number of benzene rings is 2. The summed E-state index contributed by atoms with van der Waals surface area (Å²) in [6.07, 6.45) is 5.43. The van der Waals surface area contributed by atoms with E-state index < -0.39 is 0 Å². The van der Waals surface area contributed by atoms with Crippen molar-refractivity contribution in [2.24, 2.45) is 0 Å². The molecule has 0 N–H and O–H groups in total. The van der Waals surface area contributed by atoms with Gasteiger partial charge in [-0.25, -0.2) is 0 Å². The quantitative estimate of drug-likeness (QED) is 0.829. The van der Waals surface area contributed by atoms with E-state index in [2.05, 4.69) is 72.6 Å². The first-order chi connectivity index (χ1) is 11.3. The van der Waals surface area contributed by atoms with Crippen molar-refractivity contribution in [3.8, 4) is 0 Å². The number of fused-ring (bicyclic) bond motifs is 2. The smallest absolute Gasteiger partial charge is 0.108 e. The number of hydrogen-bond acceptors (Lipinski definition) is 2. The maximum absolute atomic E-state index is 6.67. The number of rotatable bonds is 4. The van der Waals surface area contributed by atoms with Gasteiger partial charge in [-0.05, 0) is 43.9 Å². The second kappa shape index (κ2) is 6.46. The first kappa shape index (κ1) is 14.9. The van der Waals surface area contributed by atoms with Gasteiger partial charge in [0.2, 0.25) is 0 Å². The fourth-order valence-corrected chi connectivity index (χ4v) is 4.27. The van der Waals surface area contributed by atoms with Crippen LogP contribution >= 0.6 is 0 Å². The zero-order valence-electron chi connectivity index (χ0n) is 13.8. The Bertz CT molecular complexity index is 573. The number of ether oxygens (including phenoxy) is 1. The van der Waals surface area contributed by atoms with Crippen molar-refractivity contribution in [2.45, 2.75) is 50.0 Å². The molecule has 2 heteroatoms. The Morgan fingerprint density at radius 3 is 1.78 bits per heavy atom. The van der Waals surface area contributed by atoms with Crippen molar-refractivity contribution in [3.05, 3.63) is 71.8 Å². The van der Waals surface area contributed by atoms with Crippen LogP contribution in [0.25, 0.3) is 0 Å². The fraction of sp³-hybridized carbons (Fsp3) is 0.429. The molecule has 2 bridgehead atoms. The zero-order valence-corrected chi connectivity index (χ0v) is 13.8. The second-order valence-corrected chi connectivity index (χ2v) is 6.98. The minimum Gasteiger partial charge on any atom is -0.365 e. The molecule has 2 aliphatic rings. The summed E-state index contributed by atoms with van der Waals surface area (Å²) in [4.78, 5) is 2.57. The SMILES string of the molecule is CN1C2CC[C@@H]1CC(OC(c1ccccc1)c1ccccc1)C2. The molecule has 120 valence electrons. The zero-order chi connectivity index (χ0) is 15.6. The lowest BCUT2D eigenvalue weighted by atomic mass is 9.97. The minimum absolute atomic E-state index is 0.0465. The van der Waals surface area contributed by atoms with Crippen molar-refractivity contribution in [1.29, 1.82) is 0 Å². The molecule has 0 amide bonds. The fourth-order valence-electron chi connectivity index (χ4n) is 4.27. The third kappa shape index (κ3) is 3.06. The third-order valence-corrected chi connectivity index (χ3v) is 5.59. The lowest BCUT2D eigenvalue weighted by molar-refractivity contribution is -0.0426. The highest BCUT2D eigenvalue weighted by Crippen LogP contribution is 2.38. The summed E-state index contributed by atoms with van der Waals surface area (Å²) in [6.45, 7) is 0. The number of nitrogens with zero attached hydrogens (tertiary/aromatic N) is 1. The Labute approximate surface area is 139 Å². The molecule has 2 fully saturated rings. The van der Waals surface area contributed by atoms with Crippen molar-refractivity contribution < 1.29 is 4.74 Å². The molecular formula is C21H25NO. The van der Waals surface area contributed by atoms with Crippen LogP contribution in [0.2, 0.25) is 0 Å². The minimum atomic E-state index is 0.0465. The van der Waals surface area contributed by atoms with E-state index in [-0.39, 0.29) is 6.10 Å². The molecule has 0 radical (unpaired) electrons. The summed E-state index contributed by atoms with van der Waals surface area (Å²) in [5, 5.41) is 0. The molecule has 3 atom stereocenters. The molecule has 4 rings (SSSR count).